The fourth-order valence-electron chi connectivity index (χ4n) is 0.624. The Morgan fingerprint density at radius 3 is 2.60 bits per heavy atom. The lowest BCUT2D eigenvalue weighted by Crippen LogP contribution is -1.89. The van der Waals surface area contributed by atoms with Gasteiger partial charge in [-0.25, -0.2) is 0 Å². The topological polar surface area (TPSA) is 0 Å². The van der Waals surface area contributed by atoms with Crippen LogP contribution < -0.4 is 0 Å². The first-order chi connectivity index (χ1) is 4.70. The third-order valence-electron chi connectivity index (χ3n) is 1.78. The molecule has 0 N–H and O–H groups in total. The van der Waals surface area contributed by atoms with Crippen molar-refractivity contribution in [1.82, 2.24) is 0 Å². The first-order valence-electron chi connectivity index (χ1n) is 3.92. The van der Waals surface area contributed by atoms with Crippen LogP contribution in [-0.4, -0.2) is 4.43 Å². The monoisotopic (exact) mass is 252 g/mol. The first kappa shape index (κ1) is 10.5. The van der Waals surface area contributed by atoms with E-state index in [9.17, 15) is 0 Å². The van der Waals surface area contributed by atoms with Crippen molar-refractivity contribution in [2.75, 3.05) is 4.43 Å². The van der Waals surface area contributed by atoms with Crippen molar-refractivity contribution in [3.63, 3.8) is 0 Å². The second-order valence-corrected chi connectivity index (χ2v) is 3.70. The summed E-state index contributed by atoms with van der Waals surface area (Å²) in [4.78, 5) is 0. The van der Waals surface area contributed by atoms with Crippen molar-refractivity contribution in [3.8, 4) is 0 Å². The van der Waals surface area contributed by atoms with Gasteiger partial charge in [0.2, 0.25) is 0 Å². The molecule has 0 nitrogen and oxygen atoms in total. The predicted molar refractivity (Wildman–Crippen MR) is 56.7 cm³/mol. The van der Waals surface area contributed by atoms with Crippen LogP contribution in [0.2, 0.25) is 0 Å². The molecule has 0 saturated heterocycles. The van der Waals surface area contributed by atoms with Crippen LogP contribution >= 0.6 is 22.6 Å². The average Bonchev–Trinajstić information content (AvgIpc) is 1.99. The Hall–Kier alpha value is 0.470. The summed E-state index contributed by atoms with van der Waals surface area (Å²) in [6.45, 7) is 6.75. The van der Waals surface area contributed by atoms with Crippen LogP contribution in [0.5, 0.6) is 0 Å². The van der Waals surface area contributed by atoms with Gasteiger partial charge in [0.1, 0.15) is 0 Å². The zero-order valence-corrected chi connectivity index (χ0v) is 9.31. The highest BCUT2D eigenvalue weighted by Crippen LogP contribution is 2.09. The van der Waals surface area contributed by atoms with E-state index in [2.05, 4.69) is 49.4 Å². The molecule has 0 spiro atoms. The van der Waals surface area contributed by atoms with Gasteiger partial charge in [-0.05, 0) is 19.3 Å². The molecule has 0 aromatic heterocycles. The Morgan fingerprint density at radius 1 is 1.60 bits per heavy atom. The van der Waals surface area contributed by atoms with E-state index in [1.807, 2.05) is 0 Å². The highest BCUT2D eigenvalue weighted by molar-refractivity contribution is 14.1. The molecule has 1 atom stereocenters. The van der Waals surface area contributed by atoms with Crippen LogP contribution in [0.4, 0.5) is 0 Å². The minimum Gasteiger partial charge on any atom is -0.0846 e. The molecule has 10 heavy (non-hydrogen) atoms. The summed E-state index contributed by atoms with van der Waals surface area (Å²) in [7, 11) is 0. The molecule has 0 saturated carbocycles. The quantitative estimate of drug-likeness (QED) is 0.405. The summed E-state index contributed by atoms with van der Waals surface area (Å²) in [5, 5.41) is 0. The Morgan fingerprint density at radius 2 is 2.20 bits per heavy atom. The van der Waals surface area contributed by atoms with Gasteiger partial charge in [0.05, 0.1) is 0 Å². The van der Waals surface area contributed by atoms with Crippen LogP contribution in [0.3, 0.4) is 0 Å². The average molecular weight is 252 g/mol. The molecule has 0 aliphatic heterocycles. The molecular weight excluding hydrogens is 235 g/mol. The fourth-order valence-corrected chi connectivity index (χ4v) is 0.935. The summed E-state index contributed by atoms with van der Waals surface area (Å²) < 4.78 is 1.17. The maximum absolute atomic E-state index is 2.40. The van der Waals surface area contributed by atoms with Crippen LogP contribution in [-0.2, 0) is 0 Å². The van der Waals surface area contributed by atoms with Gasteiger partial charge in [0.15, 0.2) is 0 Å². The van der Waals surface area contributed by atoms with E-state index in [1.165, 1.54) is 22.8 Å². The lowest BCUT2D eigenvalue weighted by molar-refractivity contribution is 0.570. The van der Waals surface area contributed by atoms with E-state index in [0.29, 0.717) is 0 Å². The summed E-state index contributed by atoms with van der Waals surface area (Å²) in [6, 6.07) is 0. The standard InChI is InChI=1S/C9H17I/c1-4-8(2)5-6-9(3)7-10/h6,8H,4-5,7H2,1-3H3/b9-6-. The molecule has 1 heteroatoms. The number of alkyl halides is 1. The molecule has 0 aliphatic carbocycles. The van der Waals surface area contributed by atoms with E-state index in [-0.39, 0.29) is 0 Å². The lowest BCUT2D eigenvalue weighted by Gasteiger charge is -2.03. The molecule has 0 fully saturated rings. The van der Waals surface area contributed by atoms with Gasteiger partial charge in [-0.3, -0.25) is 0 Å². The Kier molecular flexibility index (Phi) is 6.49. The third kappa shape index (κ3) is 5.27. The summed E-state index contributed by atoms with van der Waals surface area (Å²) in [6.07, 6.45) is 4.91. The highest BCUT2D eigenvalue weighted by atomic mass is 127. The molecule has 0 aliphatic rings. The van der Waals surface area contributed by atoms with Gasteiger partial charge < -0.3 is 0 Å². The van der Waals surface area contributed by atoms with Crippen LogP contribution in [0, 0.1) is 5.92 Å². The zero-order valence-electron chi connectivity index (χ0n) is 7.15. The molecule has 0 heterocycles. The number of allylic oxidation sites excluding steroid dienone is 2. The van der Waals surface area contributed by atoms with Crippen LogP contribution in [0.15, 0.2) is 11.6 Å². The Bertz CT molecular complexity index is 105. The SMILES string of the molecule is CCC(C)C/C=C(/C)CI. The van der Waals surface area contributed by atoms with E-state index in [0.717, 1.165) is 5.92 Å². The normalized spacial score (nSPS) is 15.4. The molecule has 0 aromatic carbocycles. The zero-order chi connectivity index (χ0) is 7.98. The highest BCUT2D eigenvalue weighted by Gasteiger charge is 1.94. The molecule has 1 unspecified atom stereocenters. The summed E-state index contributed by atoms with van der Waals surface area (Å²) >= 11 is 2.40. The van der Waals surface area contributed by atoms with Gasteiger partial charge >= 0.3 is 0 Å². The first-order valence-corrected chi connectivity index (χ1v) is 5.44. The van der Waals surface area contributed by atoms with Gasteiger partial charge in [-0.1, -0.05) is 54.5 Å². The van der Waals surface area contributed by atoms with Gasteiger partial charge in [-0.2, -0.15) is 0 Å². The maximum Gasteiger partial charge on any atom is 0.0203 e. The molecule has 0 bridgehead atoms. The molecule has 0 rings (SSSR count). The molecule has 0 radical (unpaired) electrons. The second kappa shape index (κ2) is 6.20. The van der Waals surface area contributed by atoms with E-state index >= 15 is 0 Å². The van der Waals surface area contributed by atoms with E-state index in [4.69, 9.17) is 0 Å². The second-order valence-electron chi connectivity index (χ2n) is 2.93. The maximum atomic E-state index is 2.40. The van der Waals surface area contributed by atoms with Crippen LogP contribution in [0.1, 0.15) is 33.6 Å². The van der Waals surface area contributed by atoms with Crippen molar-refractivity contribution in [2.45, 2.75) is 33.6 Å². The number of rotatable bonds is 4. The Balaban J connectivity index is 3.50. The lowest BCUT2D eigenvalue weighted by atomic mass is 10.0. The van der Waals surface area contributed by atoms with Crippen molar-refractivity contribution in [2.24, 2.45) is 5.92 Å². The summed E-state index contributed by atoms with van der Waals surface area (Å²) in [5.74, 6) is 0.859. The predicted octanol–water partition coefficient (Wildman–Crippen LogP) is 3.80. The van der Waals surface area contributed by atoms with Gasteiger partial charge in [0, 0.05) is 4.43 Å². The molecule has 0 amide bonds. The van der Waals surface area contributed by atoms with Gasteiger partial charge in [0.25, 0.3) is 0 Å². The smallest absolute Gasteiger partial charge is 0.0203 e. The van der Waals surface area contributed by atoms with E-state index < -0.39 is 0 Å². The van der Waals surface area contributed by atoms with Crippen molar-refractivity contribution < 1.29 is 0 Å². The molecule has 0 aromatic rings. The number of halogens is 1. The van der Waals surface area contributed by atoms with Crippen molar-refractivity contribution in [3.05, 3.63) is 11.6 Å². The molecular formula is C9H17I. The molecule has 60 valence electrons. The Labute approximate surface area is 78.2 Å². The minimum absolute atomic E-state index is 0.859. The number of hydrogen-bond donors (Lipinski definition) is 0. The fraction of sp³-hybridized carbons (Fsp3) is 0.778. The summed E-state index contributed by atoms with van der Waals surface area (Å²) in [5.41, 5.74) is 1.51. The van der Waals surface area contributed by atoms with Crippen molar-refractivity contribution >= 4 is 22.6 Å². The van der Waals surface area contributed by atoms with Crippen molar-refractivity contribution in [1.29, 1.82) is 0 Å². The minimum atomic E-state index is 0.859. The van der Waals surface area contributed by atoms with Gasteiger partial charge in [-0.15, -0.1) is 0 Å². The number of hydrogen-bond acceptors (Lipinski definition) is 0. The van der Waals surface area contributed by atoms with E-state index in [1.54, 1.807) is 0 Å². The van der Waals surface area contributed by atoms with Crippen LogP contribution in [0.25, 0.3) is 0 Å². The largest absolute Gasteiger partial charge is 0.0846 e. The third-order valence-corrected chi connectivity index (χ3v) is 2.98.